The average Bonchev–Trinajstić information content (AvgIpc) is 2.83. The van der Waals surface area contributed by atoms with Gasteiger partial charge < -0.3 is 9.47 Å². The standard InChI is InChI=1S/C13H24N2O2/c1-10-5-3-7-13(9-10,16-2)12(15-14)11-6-4-8-17-11/h6,10,12,15H,3-5,7-9,14H2,1-2H3. The van der Waals surface area contributed by atoms with Gasteiger partial charge in [-0.3, -0.25) is 5.84 Å². The lowest BCUT2D eigenvalue weighted by Gasteiger charge is -2.44. The maximum Gasteiger partial charge on any atom is 0.113 e. The van der Waals surface area contributed by atoms with Crippen molar-refractivity contribution < 1.29 is 9.47 Å². The number of nitrogens with one attached hydrogen (secondary N) is 1. The van der Waals surface area contributed by atoms with E-state index in [0.717, 1.165) is 31.6 Å². The van der Waals surface area contributed by atoms with Gasteiger partial charge in [0.25, 0.3) is 0 Å². The SMILES string of the molecule is COC1(C(NN)C2=CCCO2)CCCC(C)C1. The molecule has 0 aromatic carbocycles. The first kappa shape index (κ1) is 12.9. The highest BCUT2D eigenvalue weighted by molar-refractivity contribution is 5.15. The van der Waals surface area contributed by atoms with Crippen molar-refractivity contribution in [1.29, 1.82) is 0 Å². The average molecular weight is 240 g/mol. The van der Waals surface area contributed by atoms with Crippen molar-refractivity contribution in [2.45, 2.75) is 50.7 Å². The van der Waals surface area contributed by atoms with Crippen LogP contribution in [-0.4, -0.2) is 25.4 Å². The quantitative estimate of drug-likeness (QED) is 0.580. The summed E-state index contributed by atoms with van der Waals surface area (Å²) in [6.07, 6.45) is 7.67. The van der Waals surface area contributed by atoms with Gasteiger partial charge in [0.2, 0.25) is 0 Å². The van der Waals surface area contributed by atoms with Gasteiger partial charge >= 0.3 is 0 Å². The number of methoxy groups -OCH3 is 1. The summed E-state index contributed by atoms with van der Waals surface area (Å²) in [5.74, 6) is 7.38. The molecule has 3 atom stereocenters. The van der Waals surface area contributed by atoms with Gasteiger partial charge in [0.15, 0.2) is 0 Å². The molecular formula is C13H24N2O2. The molecule has 0 aromatic heterocycles. The molecule has 0 saturated heterocycles. The van der Waals surface area contributed by atoms with Crippen LogP contribution in [0.15, 0.2) is 11.8 Å². The molecule has 1 fully saturated rings. The van der Waals surface area contributed by atoms with Crippen LogP contribution in [0.3, 0.4) is 0 Å². The van der Waals surface area contributed by atoms with E-state index in [1.165, 1.54) is 12.8 Å². The number of hydrogen-bond donors (Lipinski definition) is 2. The van der Waals surface area contributed by atoms with E-state index in [-0.39, 0.29) is 11.6 Å². The van der Waals surface area contributed by atoms with Crippen LogP contribution in [0.25, 0.3) is 0 Å². The molecule has 0 bridgehead atoms. The molecule has 0 amide bonds. The van der Waals surface area contributed by atoms with Gasteiger partial charge in [0, 0.05) is 13.5 Å². The topological polar surface area (TPSA) is 56.5 Å². The molecule has 98 valence electrons. The third-order valence-corrected chi connectivity index (χ3v) is 4.11. The normalized spacial score (nSPS) is 35.2. The first-order valence-corrected chi connectivity index (χ1v) is 6.56. The van der Waals surface area contributed by atoms with Crippen molar-refractivity contribution in [2.75, 3.05) is 13.7 Å². The molecule has 3 unspecified atom stereocenters. The molecule has 1 aliphatic heterocycles. The Hall–Kier alpha value is -0.580. The zero-order chi connectivity index (χ0) is 12.3. The smallest absolute Gasteiger partial charge is 0.113 e. The maximum atomic E-state index is 5.85. The molecule has 3 N–H and O–H groups in total. The number of rotatable bonds is 4. The zero-order valence-corrected chi connectivity index (χ0v) is 10.9. The van der Waals surface area contributed by atoms with Crippen LogP contribution in [0.2, 0.25) is 0 Å². The Balaban J connectivity index is 2.18. The molecule has 1 heterocycles. The molecule has 17 heavy (non-hydrogen) atoms. The van der Waals surface area contributed by atoms with Crippen LogP contribution < -0.4 is 11.3 Å². The van der Waals surface area contributed by atoms with Gasteiger partial charge in [-0.2, -0.15) is 0 Å². The molecule has 4 heteroatoms. The Kier molecular flexibility index (Phi) is 4.07. The van der Waals surface area contributed by atoms with Gasteiger partial charge in [-0.05, 0) is 24.8 Å². The summed E-state index contributed by atoms with van der Waals surface area (Å²) in [5.41, 5.74) is 2.70. The molecule has 0 aromatic rings. The Bertz CT molecular complexity index is 293. The Morgan fingerprint density at radius 2 is 2.47 bits per heavy atom. The summed E-state index contributed by atoms with van der Waals surface area (Å²) >= 11 is 0. The van der Waals surface area contributed by atoms with E-state index in [1.807, 2.05) is 0 Å². The fourth-order valence-electron chi connectivity index (χ4n) is 3.24. The van der Waals surface area contributed by atoms with Crippen LogP contribution in [0.1, 0.15) is 39.0 Å². The summed E-state index contributed by atoms with van der Waals surface area (Å²) in [6, 6.07) is -0.0160. The van der Waals surface area contributed by atoms with E-state index in [2.05, 4.69) is 18.4 Å². The van der Waals surface area contributed by atoms with Gasteiger partial charge in [-0.1, -0.05) is 19.8 Å². The summed E-state index contributed by atoms with van der Waals surface area (Å²) in [7, 11) is 1.79. The van der Waals surface area contributed by atoms with Gasteiger partial charge in [0.1, 0.15) is 11.8 Å². The summed E-state index contributed by atoms with van der Waals surface area (Å²) < 4.78 is 11.5. The van der Waals surface area contributed by atoms with Crippen LogP contribution in [0.5, 0.6) is 0 Å². The second kappa shape index (κ2) is 5.38. The van der Waals surface area contributed by atoms with Crippen LogP contribution in [0.4, 0.5) is 0 Å². The van der Waals surface area contributed by atoms with Crippen LogP contribution in [0, 0.1) is 5.92 Å². The molecule has 0 radical (unpaired) electrons. The van der Waals surface area contributed by atoms with E-state index in [9.17, 15) is 0 Å². The summed E-state index contributed by atoms with van der Waals surface area (Å²) in [6.45, 7) is 3.05. The monoisotopic (exact) mass is 240 g/mol. The van der Waals surface area contributed by atoms with Crippen LogP contribution in [-0.2, 0) is 9.47 Å². The minimum absolute atomic E-state index is 0.0160. The highest BCUT2D eigenvalue weighted by Crippen LogP contribution is 2.39. The van der Waals surface area contributed by atoms with E-state index in [4.69, 9.17) is 15.3 Å². The first-order valence-electron chi connectivity index (χ1n) is 6.56. The van der Waals surface area contributed by atoms with Crippen molar-refractivity contribution in [3.05, 3.63) is 11.8 Å². The highest BCUT2D eigenvalue weighted by atomic mass is 16.5. The molecule has 1 saturated carbocycles. The molecule has 0 spiro atoms. The Morgan fingerprint density at radius 1 is 1.65 bits per heavy atom. The van der Waals surface area contributed by atoms with Crippen LogP contribution >= 0.6 is 0 Å². The van der Waals surface area contributed by atoms with Crippen molar-refractivity contribution in [1.82, 2.24) is 5.43 Å². The van der Waals surface area contributed by atoms with Gasteiger partial charge in [-0.25, -0.2) is 5.43 Å². The number of hydrazine groups is 1. The van der Waals surface area contributed by atoms with E-state index in [0.29, 0.717) is 5.92 Å². The van der Waals surface area contributed by atoms with E-state index in [1.54, 1.807) is 7.11 Å². The van der Waals surface area contributed by atoms with Crippen molar-refractivity contribution in [3.63, 3.8) is 0 Å². The number of hydrogen-bond acceptors (Lipinski definition) is 4. The largest absolute Gasteiger partial charge is 0.496 e. The summed E-state index contributed by atoms with van der Waals surface area (Å²) in [5, 5.41) is 0. The Labute approximate surface area is 104 Å². The molecular weight excluding hydrogens is 216 g/mol. The third-order valence-electron chi connectivity index (χ3n) is 4.11. The zero-order valence-electron chi connectivity index (χ0n) is 10.9. The van der Waals surface area contributed by atoms with Crippen molar-refractivity contribution in [3.8, 4) is 0 Å². The summed E-state index contributed by atoms with van der Waals surface area (Å²) in [4.78, 5) is 0. The molecule has 2 aliphatic rings. The minimum Gasteiger partial charge on any atom is -0.496 e. The lowest BCUT2D eigenvalue weighted by Crippen LogP contribution is -2.57. The number of ether oxygens (including phenoxy) is 2. The predicted octanol–water partition coefficient (Wildman–Crippen LogP) is 1.72. The number of nitrogens with two attached hydrogens (primary N) is 1. The van der Waals surface area contributed by atoms with Crippen molar-refractivity contribution >= 4 is 0 Å². The third kappa shape index (κ3) is 2.49. The minimum atomic E-state index is -0.206. The van der Waals surface area contributed by atoms with E-state index < -0.39 is 0 Å². The second-order valence-corrected chi connectivity index (χ2v) is 5.31. The second-order valence-electron chi connectivity index (χ2n) is 5.31. The fraction of sp³-hybridized carbons (Fsp3) is 0.846. The van der Waals surface area contributed by atoms with Gasteiger partial charge in [-0.15, -0.1) is 0 Å². The fourth-order valence-corrected chi connectivity index (χ4v) is 3.24. The lowest BCUT2D eigenvalue weighted by atomic mass is 9.74. The highest BCUT2D eigenvalue weighted by Gasteiger charge is 2.44. The van der Waals surface area contributed by atoms with Crippen molar-refractivity contribution in [2.24, 2.45) is 11.8 Å². The lowest BCUT2D eigenvalue weighted by molar-refractivity contribution is -0.0799. The van der Waals surface area contributed by atoms with Gasteiger partial charge in [0.05, 0.1) is 12.2 Å². The predicted molar refractivity (Wildman–Crippen MR) is 67.1 cm³/mol. The Morgan fingerprint density at radius 3 is 3.00 bits per heavy atom. The molecule has 1 aliphatic carbocycles. The molecule has 2 rings (SSSR count). The molecule has 4 nitrogen and oxygen atoms in total. The maximum absolute atomic E-state index is 5.85. The first-order chi connectivity index (χ1) is 8.22. The van der Waals surface area contributed by atoms with E-state index >= 15 is 0 Å².